The number of carboxylic acid groups (broad SMARTS) is 1. The number of hydrogen-bond acceptors (Lipinski definition) is 4. The number of hydrogen-bond donors (Lipinski definition) is 2. The molecule has 0 fully saturated rings. The molecular weight excluding hydrogens is 172 g/mol. The number of rotatable bonds is 3. The third kappa shape index (κ3) is 2.48. The van der Waals surface area contributed by atoms with Gasteiger partial charge in [0.2, 0.25) is 0 Å². The van der Waals surface area contributed by atoms with Gasteiger partial charge in [-0.3, -0.25) is 0 Å². The summed E-state index contributed by atoms with van der Waals surface area (Å²) < 4.78 is 0. The van der Waals surface area contributed by atoms with Gasteiger partial charge >= 0.3 is 5.97 Å². The number of carbonyl (C=O) groups is 1. The summed E-state index contributed by atoms with van der Waals surface area (Å²) >= 11 is 0. The molecule has 1 rings (SSSR count). The van der Waals surface area contributed by atoms with E-state index in [4.69, 9.17) is 10.2 Å². The molecule has 0 bridgehead atoms. The number of aromatic nitrogens is 2. The normalized spacial score (nSPS) is 12.5. The summed E-state index contributed by atoms with van der Waals surface area (Å²) in [5.41, 5.74) is 1.34. The van der Waals surface area contributed by atoms with Crippen LogP contribution < -0.4 is 0 Å². The molecule has 0 saturated carbocycles. The summed E-state index contributed by atoms with van der Waals surface area (Å²) in [5, 5.41) is 17.5. The van der Waals surface area contributed by atoms with Crippen molar-refractivity contribution in [2.45, 2.75) is 19.4 Å². The fourth-order valence-electron chi connectivity index (χ4n) is 0.916. The first-order valence-corrected chi connectivity index (χ1v) is 3.77. The second kappa shape index (κ2) is 3.95. The largest absolute Gasteiger partial charge is 0.479 e. The summed E-state index contributed by atoms with van der Waals surface area (Å²) in [5.74, 6) is -1.23. The Morgan fingerprint density at radius 2 is 2.38 bits per heavy atom. The SMILES string of the molecule is Cc1ncncc1CC(O)C(=O)O. The first kappa shape index (κ1) is 9.60. The number of aliphatic hydroxyl groups excluding tert-OH is 1. The highest BCUT2D eigenvalue weighted by Crippen LogP contribution is 2.05. The van der Waals surface area contributed by atoms with Gasteiger partial charge in [-0.05, 0) is 12.5 Å². The average molecular weight is 182 g/mol. The maximum atomic E-state index is 10.3. The Bertz CT molecular complexity index is 314. The Hall–Kier alpha value is -1.49. The lowest BCUT2D eigenvalue weighted by Gasteiger charge is -2.06. The zero-order chi connectivity index (χ0) is 9.84. The molecule has 13 heavy (non-hydrogen) atoms. The quantitative estimate of drug-likeness (QED) is 0.674. The van der Waals surface area contributed by atoms with Gasteiger partial charge in [-0.15, -0.1) is 0 Å². The number of carboxylic acids is 1. The van der Waals surface area contributed by atoms with Gasteiger partial charge in [0.05, 0.1) is 0 Å². The van der Waals surface area contributed by atoms with Crippen molar-refractivity contribution < 1.29 is 15.0 Å². The summed E-state index contributed by atoms with van der Waals surface area (Å²) in [7, 11) is 0. The summed E-state index contributed by atoms with van der Waals surface area (Å²) in [4.78, 5) is 17.9. The monoisotopic (exact) mass is 182 g/mol. The molecule has 1 aromatic rings. The van der Waals surface area contributed by atoms with E-state index in [0.717, 1.165) is 0 Å². The number of nitrogens with zero attached hydrogens (tertiary/aromatic N) is 2. The minimum absolute atomic E-state index is 0.0437. The first-order chi connectivity index (χ1) is 6.11. The molecule has 0 aliphatic carbocycles. The van der Waals surface area contributed by atoms with Gasteiger partial charge in [0.15, 0.2) is 6.10 Å². The number of aliphatic hydroxyl groups is 1. The van der Waals surface area contributed by atoms with Crippen molar-refractivity contribution in [3.63, 3.8) is 0 Å². The van der Waals surface area contributed by atoms with E-state index in [0.29, 0.717) is 11.3 Å². The Morgan fingerprint density at radius 1 is 1.69 bits per heavy atom. The van der Waals surface area contributed by atoms with Gasteiger partial charge in [0, 0.05) is 18.3 Å². The highest BCUT2D eigenvalue weighted by molar-refractivity contribution is 5.72. The second-order valence-electron chi connectivity index (χ2n) is 2.69. The molecule has 5 heteroatoms. The maximum Gasteiger partial charge on any atom is 0.332 e. The van der Waals surface area contributed by atoms with Crippen LogP contribution in [0.4, 0.5) is 0 Å². The molecule has 0 spiro atoms. The number of aliphatic carboxylic acids is 1. The van der Waals surface area contributed by atoms with Crippen LogP contribution in [0.15, 0.2) is 12.5 Å². The molecule has 1 heterocycles. The van der Waals surface area contributed by atoms with E-state index in [1.54, 1.807) is 6.92 Å². The Kier molecular flexibility index (Phi) is 2.92. The summed E-state index contributed by atoms with van der Waals surface area (Å²) in [6.07, 6.45) is 1.55. The molecule has 0 saturated heterocycles. The lowest BCUT2D eigenvalue weighted by atomic mass is 10.1. The van der Waals surface area contributed by atoms with Crippen molar-refractivity contribution in [3.8, 4) is 0 Å². The third-order valence-electron chi connectivity index (χ3n) is 1.71. The first-order valence-electron chi connectivity index (χ1n) is 3.77. The Morgan fingerprint density at radius 3 is 2.92 bits per heavy atom. The van der Waals surface area contributed by atoms with Gasteiger partial charge in [0.1, 0.15) is 6.33 Å². The van der Waals surface area contributed by atoms with Crippen LogP contribution in [0.2, 0.25) is 0 Å². The molecule has 0 aliphatic rings. The minimum Gasteiger partial charge on any atom is -0.479 e. The zero-order valence-corrected chi connectivity index (χ0v) is 7.14. The van der Waals surface area contributed by atoms with Crippen LogP contribution in [-0.4, -0.2) is 32.3 Å². The smallest absolute Gasteiger partial charge is 0.332 e. The van der Waals surface area contributed by atoms with Gasteiger partial charge in [-0.2, -0.15) is 0 Å². The van der Waals surface area contributed by atoms with Crippen LogP contribution in [0, 0.1) is 6.92 Å². The fraction of sp³-hybridized carbons (Fsp3) is 0.375. The van der Waals surface area contributed by atoms with E-state index in [9.17, 15) is 4.79 Å². The van der Waals surface area contributed by atoms with Crippen molar-refractivity contribution in [1.29, 1.82) is 0 Å². The van der Waals surface area contributed by atoms with E-state index in [1.165, 1.54) is 12.5 Å². The van der Waals surface area contributed by atoms with E-state index < -0.39 is 12.1 Å². The number of aryl methyl sites for hydroxylation is 1. The third-order valence-corrected chi connectivity index (χ3v) is 1.71. The standard InChI is InChI=1S/C8H10N2O3/c1-5-6(3-9-4-10-5)2-7(11)8(12)13/h3-4,7,11H,2H2,1H3,(H,12,13). The Labute approximate surface area is 75.1 Å². The highest BCUT2D eigenvalue weighted by Gasteiger charge is 2.15. The molecule has 1 atom stereocenters. The average Bonchev–Trinajstić information content (AvgIpc) is 2.08. The summed E-state index contributed by atoms with van der Waals surface area (Å²) in [6.45, 7) is 1.74. The van der Waals surface area contributed by atoms with Crippen molar-refractivity contribution in [2.75, 3.05) is 0 Å². The van der Waals surface area contributed by atoms with E-state index in [2.05, 4.69) is 9.97 Å². The van der Waals surface area contributed by atoms with Gasteiger partial charge < -0.3 is 10.2 Å². The van der Waals surface area contributed by atoms with Crippen LogP contribution >= 0.6 is 0 Å². The topological polar surface area (TPSA) is 83.3 Å². The molecule has 2 N–H and O–H groups in total. The van der Waals surface area contributed by atoms with Crippen LogP contribution in [0.25, 0.3) is 0 Å². The van der Waals surface area contributed by atoms with Crippen LogP contribution in [0.5, 0.6) is 0 Å². The molecule has 5 nitrogen and oxygen atoms in total. The van der Waals surface area contributed by atoms with Gasteiger partial charge in [-0.1, -0.05) is 0 Å². The van der Waals surface area contributed by atoms with E-state index >= 15 is 0 Å². The second-order valence-corrected chi connectivity index (χ2v) is 2.69. The van der Waals surface area contributed by atoms with E-state index in [1.807, 2.05) is 0 Å². The zero-order valence-electron chi connectivity index (χ0n) is 7.14. The van der Waals surface area contributed by atoms with Gasteiger partial charge in [-0.25, -0.2) is 14.8 Å². The minimum atomic E-state index is -1.38. The van der Waals surface area contributed by atoms with Crippen LogP contribution in [0.3, 0.4) is 0 Å². The Balaban J connectivity index is 2.74. The molecule has 0 radical (unpaired) electrons. The molecule has 70 valence electrons. The molecule has 0 aromatic carbocycles. The van der Waals surface area contributed by atoms with Crippen LogP contribution in [-0.2, 0) is 11.2 Å². The predicted octanol–water partition coefficient (Wildman–Crippen LogP) is -0.227. The van der Waals surface area contributed by atoms with Crippen molar-refractivity contribution >= 4 is 5.97 Å². The van der Waals surface area contributed by atoms with Crippen molar-refractivity contribution in [3.05, 3.63) is 23.8 Å². The highest BCUT2D eigenvalue weighted by atomic mass is 16.4. The van der Waals surface area contributed by atoms with Crippen LogP contribution in [0.1, 0.15) is 11.3 Å². The molecule has 1 unspecified atom stereocenters. The lowest BCUT2D eigenvalue weighted by molar-refractivity contribution is -0.146. The van der Waals surface area contributed by atoms with E-state index in [-0.39, 0.29) is 6.42 Å². The summed E-state index contributed by atoms with van der Waals surface area (Å²) in [6, 6.07) is 0. The molecule has 0 aliphatic heterocycles. The lowest BCUT2D eigenvalue weighted by Crippen LogP contribution is -2.22. The van der Waals surface area contributed by atoms with Gasteiger partial charge in [0.25, 0.3) is 0 Å². The van der Waals surface area contributed by atoms with Crippen molar-refractivity contribution in [2.24, 2.45) is 0 Å². The molecule has 1 aromatic heterocycles. The van der Waals surface area contributed by atoms with Crippen molar-refractivity contribution in [1.82, 2.24) is 9.97 Å². The predicted molar refractivity (Wildman–Crippen MR) is 44.1 cm³/mol. The molecular formula is C8H10N2O3. The molecule has 0 amide bonds. The fourth-order valence-corrected chi connectivity index (χ4v) is 0.916. The maximum absolute atomic E-state index is 10.3.